The van der Waals surface area contributed by atoms with Crippen LogP contribution in [0.3, 0.4) is 0 Å². The Labute approximate surface area is 141 Å². The third kappa shape index (κ3) is 4.10. The third-order valence-electron chi connectivity index (χ3n) is 3.33. The summed E-state index contributed by atoms with van der Waals surface area (Å²) in [7, 11) is 4.66. The molecule has 0 saturated carbocycles. The molecule has 0 atom stereocenters. The fourth-order valence-electron chi connectivity index (χ4n) is 2.17. The number of anilines is 1. The highest BCUT2D eigenvalue weighted by Gasteiger charge is 2.12. The summed E-state index contributed by atoms with van der Waals surface area (Å²) in [5, 5.41) is 2.82. The molecule has 0 saturated heterocycles. The van der Waals surface area contributed by atoms with Gasteiger partial charge in [-0.25, -0.2) is 0 Å². The zero-order valence-electron chi connectivity index (χ0n) is 14.2. The van der Waals surface area contributed by atoms with Gasteiger partial charge in [-0.15, -0.1) is 0 Å². The van der Waals surface area contributed by atoms with Crippen LogP contribution in [-0.4, -0.2) is 33.8 Å². The topological polar surface area (TPSA) is 66.0 Å². The lowest BCUT2D eigenvalue weighted by Crippen LogP contribution is -2.12. The summed E-state index contributed by atoms with van der Waals surface area (Å²) in [5.74, 6) is 2.02. The van der Waals surface area contributed by atoms with E-state index in [-0.39, 0.29) is 5.91 Å². The Morgan fingerprint density at radius 1 is 0.917 bits per heavy atom. The fraction of sp³-hybridized carbons (Fsp3) is 0.278. The zero-order valence-corrected chi connectivity index (χ0v) is 14.2. The summed E-state index contributed by atoms with van der Waals surface area (Å²) in [6.45, 7) is 2.35. The van der Waals surface area contributed by atoms with Crippen LogP contribution in [0.1, 0.15) is 17.3 Å². The van der Waals surface area contributed by atoms with Gasteiger partial charge in [0.2, 0.25) is 0 Å². The van der Waals surface area contributed by atoms with Gasteiger partial charge in [-0.2, -0.15) is 0 Å². The summed E-state index contributed by atoms with van der Waals surface area (Å²) in [4.78, 5) is 12.5. The van der Waals surface area contributed by atoms with E-state index in [1.807, 2.05) is 6.92 Å². The first-order valence-corrected chi connectivity index (χ1v) is 7.46. The van der Waals surface area contributed by atoms with Crippen LogP contribution in [0.25, 0.3) is 0 Å². The standard InChI is InChI=1S/C18H21NO5/c1-5-24-17-8-12(6-7-16(17)23-4)18(20)19-13-9-14(21-2)11-15(10-13)22-3/h6-11H,5H2,1-4H3,(H,19,20). The molecule has 0 aliphatic carbocycles. The average Bonchev–Trinajstić information content (AvgIpc) is 2.61. The molecule has 2 aromatic rings. The van der Waals surface area contributed by atoms with Crippen molar-refractivity contribution in [2.45, 2.75) is 6.92 Å². The monoisotopic (exact) mass is 331 g/mol. The van der Waals surface area contributed by atoms with Gasteiger partial charge in [0, 0.05) is 29.4 Å². The van der Waals surface area contributed by atoms with Gasteiger partial charge in [-0.1, -0.05) is 0 Å². The normalized spacial score (nSPS) is 10.0. The molecule has 128 valence electrons. The number of nitrogens with one attached hydrogen (secondary N) is 1. The smallest absolute Gasteiger partial charge is 0.255 e. The van der Waals surface area contributed by atoms with Gasteiger partial charge >= 0.3 is 0 Å². The van der Waals surface area contributed by atoms with Crippen LogP contribution in [0.15, 0.2) is 36.4 Å². The lowest BCUT2D eigenvalue weighted by molar-refractivity contribution is 0.102. The minimum absolute atomic E-state index is 0.270. The summed E-state index contributed by atoms with van der Waals surface area (Å²) >= 11 is 0. The van der Waals surface area contributed by atoms with Gasteiger partial charge in [0.1, 0.15) is 11.5 Å². The number of ether oxygens (including phenoxy) is 4. The van der Waals surface area contributed by atoms with Crippen molar-refractivity contribution in [2.75, 3.05) is 33.3 Å². The van der Waals surface area contributed by atoms with E-state index in [9.17, 15) is 4.79 Å². The van der Waals surface area contributed by atoms with E-state index in [0.29, 0.717) is 40.9 Å². The zero-order chi connectivity index (χ0) is 17.5. The van der Waals surface area contributed by atoms with E-state index in [1.165, 1.54) is 0 Å². The van der Waals surface area contributed by atoms with E-state index in [0.717, 1.165) is 0 Å². The van der Waals surface area contributed by atoms with Gasteiger partial charge in [0.05, 0.1) is 27.9 Å². The molecule has 0 aliphatic rings. The molecule has 1 amide bonds. The van der Waals surface area contributed by atoms with E-state index in [1.54, 1.807) is 57.7 Å². The summed E-state index contributed by atoms with van der Waals surface area (Å²) in [5.41, 5.74) is 1.03. The SMILES string of the molecule is CCOc1cc(C(=O)Nc2cc(OC)cc(OC)c2)ccc1OC. The molecule has 24 heavy (non-hydrogen) atoms. The van der Waals surface area contributed by atoms with Crippen LogP contribution in [-0.2, 0) is 0 Å². The number of carbonyl (C=O) groups excluding carboxylic acids is 1. The molecule has 6 heteroatoms. The summed E-state index contributed by atoms with van der Waals surface area (Å²) < 4.78 is 21.1. The van der Waals surface area contributed by atoms with Gasteiger partial charge in [0.25, 0.3) is 5.91 Å². The van der Waals surface area contributed by atoms with Gasteiger partial charge in [-0.3, -0.25) is 4.79 Å². The second-order valence-corrected chi connectivity index (χ2v) is 4.85. The molecule has 0 aliphatic heterocycles. The Morgan fingerprint density at radius 3 is 2.12 bits per heavy atom. The highest BCUT2D eigenvalue weighted by Crippen LogP contribution is 2.29. The summed E-state index contributed by atoms with van der Waals surface area (Å²) in [6, 6.07) is 10.2. The molecule has 0 bridgehead atoms. The van der Waals surface area contributed by atoms with Crippen LogP contribution in [0.4, 0.5) is 5.69 Å². The molecule has 0 fully saturated rings. The van der Waals surface area contributed by atoms with Gasteiger partial charge in [-0.05, 0) is 25.1 Å². The maximum absolute atomic E-state index is 12.5. The van der Waals surface area contributed by atoms with E-state index in [2.05, 4.69) is 5.32 Å². The van der Waals surface area contributed by atoms with Crippen molar-refractivity contribution in [1.29, 1.82) is 0 Å². The summed E-state index contributed by atoms with van der Waals surface area (Å²) in [6.07, 6.45) is 0. The largest absolute Gasteiger partial charge is 0.497 e. The molecule has 0 radical (unpaired) electrons. The number of hydrogen-bond donors (Lipinski definition) is 1. The highest BCUT2D eigenvalue weighted by atomic mass is 16.5. The number of rotatable bonds is 7. The Morgan fingerprint density at radius 2 is 1.58 bits per heavy atom. The first-order chi connectivity index (χ1) is 11.6. The number of amides is 1. The molecule has 2 aromatic carbocycles. The van der Waals surface area contributed by atoms with Crippen LogP contribution in [0.2, 0.25) is 0 Å². The Hall–Kier alpha value is -2.89. The van der Waals surface area contributed by atoms with Crippen LogP contribution >= 0.6 is 0 Å². The van der Waals surface area contributed by atoms with Gasteiger partial charge in [0.15, 0.2) is 11.5 Å². The maximum Gasteiger partial charge on any atom is 0.255 e. The van der Waals surface area contributed by atoms with Crippen molar-refractivity contribution in [3.8, 4) is 23.0 Å². The van der Waals surface area contributed by atoms with E-state index in [4.69, 9.17) is 18.9 Å². The van der Waals surface area contributed by atoms with Crippen molar-refractivity contribution in [3.05, 3.63) is 42.0 Å². The molecule has 0 aromatic heterocycles. The Balaban J connectivity index is 2.25. The lowest BCUT2D eigenvalue weighted by atomic mass is 10.1. The maximum atomic E-state index is 12.5. The molecule has 0 heterocycles. The molecule has 2 rings (SSSR count). The van der Waals surface area contributed by atoms with Crippen LogP contribution in [0.5, 0.6) is 23.0 Å². The second-order valence-electron chi connectivity index (χ2n) is 4.85. The minimum atomic E-state index is -0.270. The quantitative estimate of drug-likeness (QED) is 0.843. The van der Waals surface area contributed by atoms with Crippen LogP contribution in [0, 0.1) is 0 Å². The van der Waals surface area contributed by atoms with Crippen molar-refractivity contribution in [3.63, 3.8) is 0 Å². The minimum Gasteiger partial charge on any atom is -0.497 e. The van der Waals surface area contributed by atoms with Gasteiger partial charge < -0.3 is 24.3 Å². The Kier molecular flexibility index (Phi) is 5.89. The van der Waals surface area contributed by atoms with Crippen molar-refractivity contribution in [2.24, 2.45) is 0 Å². The van der Waals surface area contributed by atoms with Crippen molar-refractivity contribution in [1.82, 2.24) is 0 Å². The second kappa shape index (κ2) is 8.10. The predicted octanol–water partition coefficient (Wildman–Crippen LogP) is 3.36. The molecule has 6 nitrogen and oxygen atoms in total. The number of methoxy groups -OCH3 is 3. The number of benzene rings is 2. The fourth-order valence-corrected chi connectivity index (χ4v) is 2.17. The first-order valence-electron chi connectivity index (χ1n) is 7.46. The van der Waals surface area contributed by atoms with E-state index < -0.39 is 0 Å². The molecular weight excluding hydrogens is 310 g/mol. The third-order valence-corrected chi connectivity index (χ3v) is 3.33. The molecular formula is C18H21NO5. The Bertz CT molecular complexity index is 692. The first kappa shape index (κ1) is 17.5. The number of hydrogen-bond acceptors (Lipinski definition) is 5. The molecule has 0 spiro atoms. The highest BCUT2D eigenvalue weighted by molar-refractivity contribution is 6.04. The molecule has 1 N–H and O–H groups in total. The molecule has 0 unspecified atom stereocenters. The van der Waals surface area contributed by atoms with Crippen molar-refractivity contribution >= 4 is 11.6 Å². The number of carbonyl (C=O) groups is 1. The lowest BCUT2D eigenvalue weighted by Gasteiger charge is -2.12. The van der Waals surface area contributed by atoms with Crippen LogP contribution < -0.4 is 24.3 Å². The van der Waals surface area contributed by atoms with Crippen molar-refractivity contribution < 1.29 is 23.7 Å². The van der Waals surface area contributed by atoms with E-state index >= 15 is 0 Å². The average molecular weight is 331 g/mol. The predicted molar refractivity (Wildman–Crippen MR) is 91.7 cm³/mol.